The molecule has 0 aliphatic rings. The molecule has 3 rings (SSSR count). The number of amides is 1. The van der Waals surface area contributed by atoms with Gasteiger partial charge in [0, 0.05) is 11.3 Å². The zero-order chi connectivity index (χ0) is 23.8. The van der Waals surface area contributed by atoms with Crippen LogP contribution >= 0.6 is 0 Å². The Bertz CT molecular complexity index is 1180. The van der Waals surface area contributed by atoms with Crippen LogP contribution in [-0.4, -0.2) is 35.2 Å². The summed E-state index contributed by atoms with van der Waals surface area (Å²) in [7, 11) is -0.660. The third-order valence-electron chi connectivity index (χ3n) is 4.83. The van der Waals surface area contributed by atoms with Crippen molar-refractivity contribution >= 4 is 21.6 Å². The van der Waals surface area contributed by atoms with Gasteiger partial charge in [0.1, 0.15) is 17.2 Å². The van der Waals surface area contributed by atoms with E-state index in [4.69, 9.17) is 14.2 Å². The number of anilines is 1. The summed E-state index contributed by atoms with van der Waals surface area (Å²) in [5.74, 6) is 1.37. The van der Waals surface area contributed by atoms with Gasteiger partial charge in [-0.3, -0.25) is 9.52 Å². The van der Waals surface area contributed by atoms with E-state index in [1.165, 1.54) is 31.4 Å². The van der Waals surface area contributed by atoms with Crippen molar-refractivity contribution in [1.82, 2.24) is 5.32 Å². The second kappa shape index (κ2) is 10.7. The lowest BCUT2D eigenvalue weighted by Gasteiger charge is -2.17. The highest BCUT2D eigenvalue weighted by atomic mass is 32.2. The van der Waals surface area contributed by atoms with Crippen LogP contribution in [0.5, 0.6) is 17.2 Å². The Labute approximate surface area is 193 Å². The van der Waals surface area contributed by atoms with Gasteiger partial charge in [-0.2, -0.15) is 0 Å². The van der Waals surface area contributed by atoms with Gasteiger partial charge in [0.25, 0.3) is 15.9 Å². The summed E-state index contributed by atoms with van der Waals surface area (Å²) < 4.78 is 43.6. The summed E-state index contributed by atoms with van der Waals surface area (Å²) >= 11 is 0. The van der Waals surface area contributed by atoms with Crippen molar-refractivity contribution in [1.29, 1.82) is 0 Å². The van der Waals surface area contributed by atoms with Gasteiger partial charge in [-0.1, -0.05) is 18.2 Å². The maximum absolute atomic E-state index is 12.6. The Balaban J connectivity index is 1.55. The molecule has 9 heteroatoms. The van der Waals surface area contributed by atoms with Crippen LogP contribution in [0.3, 0.4) is 0 Å². The summed E-state index contributed by atoms with van der Waals surface area (Å²) in [5, 5.41) is 2.85. The van der Waals surface area contributed by atoms with Crippen molar-refractivity contribution in [2.24, 2.45) is 0 Å². The Morgan fingerprint density at radius 1 is 0.879 bits per heavy atom. The van der Waals surface area contributed by atoms with Gasteiger partial charge in [-0.15, -0.1) is 0 Å². The molecule has 0 bridgehead atoms. The molecule has 0 saturated heterocycles. The minimum Gasteiger partial charge on any atom is -0.497 e. The van der Waals surface area contributed by atoms with Gasteiger partial charge < -0.3 is 19.5 Å². The minimum atomic E-state index is -3.77. The molecule has 33 heavy (non-hydrogen) atoms. The number of carbonyl (C=O) groups is 1. The van der Waals surface area contributed by atoms with Crippen molar-refractivity contribution in [2.45, 2.75) is 17.9 Å². The molecule has 1 atom stereocenters. The van der Waals surface area contributed by atoms with Crippen LogP contribution in [-0.2, 0) is 14.8 Å². The molecule has 0 radical (unpaired) electrons. The van der Waals surface area contributed by atoms with Crippen molar-refractivity contribution in [3.8, 4) is 17.2 Å². The monoisotopic (exact) mass is 470 g/mol. The predicted octanol–water partition coefficient (Wildman–Crippen LogP) is 3.76. The Kier molecular flexibility index (Phi) is 7.78. The fourth-order valence-electron chi connectivity index (χ4n) is 3.12. The average Bonchev–Trinajstić information content (AvgIpc) is 2.83. The third kappa shape index (κ3) is 6.39. The zero-order valence-corrected chi connectivity index (χ0v) is 19.4. The molecule has 0 saturated carbocycles. The number of para-hydroxylation sites is 1. The molecule has 0 fully saturated rings. The number of methoxy groups -OCH3 is 2. The molecule has 3 aromatic carbocycles. The lowest BCUT2D eigenvalue weighted by molar-refractivity contribution is -0.123. The molecule has 3 aromatic rings. The van der Waals surface area contributed by atoms with Crippen molar-refractivity contribution in [3.05, 3.63) is 78.4 Å². The Hall–Kier alpha value is -3.72. The van der Waals surface area contributed by atoms with E-state index >= 15 is 0 Å². The van der Waals surface area contributed by atoms with Gasteiger partial charge >= 0.3 is 0 Å². The molecule has 2 N–H and O–H groups in total. The van der Waals surface area contributed by atoms with Crippen LogP contribution in [0.25, 0.3) is 0 Å². The van der Waals surface area contributed by atoms with Crippen molar-refractivity contribution in [2.75, 3.05) is 25.5 Å². The van der Waals surface area contributed by atoms with Gasteiger partial charge in [0.2, 0.25) is 0 Å². The summed E-state index contributed by atoms with van der Waals surface area (Å²) in [5.41, 5.74) is 1.27. The second-order valence-electron chi connectivity index (χ2n) is 7.13. The van der Waals surface area contributed by atoms with E-state index in [0.717, 1.165) is 5.56 Å². The maximum atomic E-state index is 12.6. The van der Waals surface area contributed by atoms with E-state index < -0.39 is 10.0 Å². The normalized spacial score (nSPS) is 11.8. The smallest absolute Gasteiger partial charge is 0.261 e. The molecule has 174 valence electrons. The number of hydrogen-bond donors (Lipinski definition) is 2. The minimum absolute atomic E-state index is 0.0694. The van der Waals surface area contributed by atoms with Crippen LogP contribution in [0, 0.1) is 0 Å². The Morgan fingerprint density at radius 3 is 2.15 bits per heavy atom. The molecule has 8 nitrogen and oxygen atoms in total. The quantitative estimate of drug-likeness (QED) is 0.468. The number of nitrogens with one attached hydrogen (secondary N) is 2. The lowest BCUT2D eigenvalue weighted by Crippen LogP contribution is -2.31. The molecule has 0 unspecified atom stereocenters. The van der Waals surface area contributed by atoms with Crippen LogP contribution in [0.1, 0.15) is 18.5 Å². The van der Waals surface area contributed by atoms with Crippen LogP contribution in [0.2, 0.25) is 0 Å². The van der Waals surface area contributed by atoms with E-state index in [-0.39, 0.29) is 23.5 Å². The van der Waals surface area contributed by atoms with Crippen LogP contribution < -0.4 is 24.2 Å². The lowest BCUT2D eigenvalue weighted by atomic mass is 10.1. The first-order valence-corrected chi connectivity index (χ1v) is 11.6. The molecular formula is C24H26N2O6S. The highest BCUT2D eigenvalue weighted by Gasteiger charge is 2.16. The topological polar surface area (TPSA) is 103 Å². The zero-order valence-electron chi connectivity index (χ0n) is 18.6. The second-order valence-corrected chi connectivity index (χ2v) is 8.81. The highest BCUT2D eigenvalue weighted by Crippen LogP contribution is 2.24. The summed E-state index contributed by atoms with van der Waals surface area (Å²) in [6.07, 6.45) is 0. The fraction of sp³-hybridized carbons (Fsp3) is 0.208. The SMILES string of the molecule is COc1ccc(NS(=O)(=O)c2ccc(OCC(=O)N[C@H](C)c3ccccc3OC)cc2)cc1. The summed E-state index contributed by atoms with van der Waals surface area (Å²) in [4.78, 5) is 12.4. The van der Waals surface area contributed by atoms with Crippen LogP contribution in [0.15, 0.2) is 77.7 Å². The van der Waals surface area contributed by atoms with E-state index in [9.17, 15) is 13.2 Å². The van der Waals surface area contributed by atoms with Gasteiger partial charge in [-0.25, -0.2) is 8.42 Å². The first-order chi connectivity index (χ1) is 15.8. The predicted molar refractivity (Wildman–Crippen MR) is 125 cm³/mol. The van der Waals surface area contributed by atoms with Crippen molar-refractivity contribution in [3.63, 3.8) is 0 Å². The summed E-state index contributed by atoms with van der Waals surface area (Å²) in [6.45, 7) is 1.64. The first kappa shape index (κ1) is 23.9. The van der Waals surface area contributed by atoms with Crippen molar-refractivity contribution < 1.29 is 27.4 Å². The number of hydrogen-bond acceptors (Lipinski definition) is 6. The molecule has 0 heterocycles. The first-order valence-electron chi connectivity index (χ1n) is 10.1. The molecule has 0 aromatic heterocycles. The molecule has 0 aliphatic heterocycles. The number of sulfonamides is 1. The number of ether oxygens (including phenoxy) is 3. The Morgan fingerprint density at radius 2 is 1.52 bits per heavy atom. The van der Waals surface area contributed by atoms with E-state index in [0.29, 0.717) is 22.9 Å². The maximum Gasteiger partial charge on any atom is 0.261 e. The fourth-order valence-corrected chi connectivity index (χ4v) is 4.18. The van der Waals surface area contributed by atoms with E-state index in [2.05, 4.69) is 10.0 Å². The number of rotatable bonds is 10. The average molecular weight is 471 g/mol. The molecule has 0 spiro atoms. The van der Waals surface area contributed by atoms with E-state index in [1.54, 1.807) is 31.4 Å². The number of carbonyl (C=O) groups excluding carboxylic acids is 1. The molecule has 1 amide bonds. The van der Waals surface area contributed by atoms with E-state index in [1.807, 2.05) is 31.2 Å². The van der Waals surface area contributed by atoms with Crippen LogP contribution in [0.4, 0.5) is 5.69 Å². The highest BCUT2D eigenvalue weighted by molar-refractivity contribution is 7.92. The van der Waals surface area contributed by atoms with Gasteiger partial charge in [0.15, 0.2) is 6.61 Å². The number of benzene rings is 3. The van der Waals surface area contributed by atoms with Gasteiger partial charge in [0.05, 0.1) is 25.2 Å². The largest absolute Gasteiger partial charge is 0.497 e. The molecule has 0 aliphatic carbocycles. The molecular weight excluding hydrogens is 444 g/mol. The standard InChI is InChI=1S/C24H26N2O6S/c1-17(22-6-4-5-7-23(22)31-3)25-24(27)16-32-20-12-14-21(15-13-20)33(28,29)26-18-8-10-19(30-2)11-9-18/h4-15,17,26H,16H2,1-3H3,(H,25,27)/t17-/m1/s1. The van der Waals surface area contributed by atoms with Gasteiger partial charge in [-0.05, 0) is 61.5 Å². The summed E-state index contributed by atoms with van der Waals surface area (Å²) in [6, 6.07) is 19.5. The third-order valence-corrected chi connectivity index (χ3v) is 6.23.